The summed E-state index contributed by atoms with van der Waals surface area (Å²) in [6, 6.07) is 12.3. The molecule has 0 aromatic heterocycles. The fourth-order valence-corrected chi connectivity index (χ4v) is 4.44. The van der Waals surface area contributed by atoms with Crippen LogP contribution in [0.4, 0.5) is 10.5 Å². The third kappa shape index (κ3) is 5.88. The van der Waals surface area contributed by atoms with E-state index < -0.39 is 23.0 Å². The van der Waals surface area contributed by atoms with Gasteiger partial charge < -0.3 is 14.6 Å². The predicted molar refractivity (Wildman–Crippen MR) is 114 cm³/mol. The molecule has 31 heavy (non-hydrogen) atoms. The number of methoxy groups -OCH3 is 1. The van der Waals surface area contributed by atoms with E-state index >= 15 is 0 Å². The fraction of sp³-hybridized carbons (Fsp3) is 0.333. The standard InChI is InChI=1S/C21H22N2O7S/c1-29-17-8-4-15(5-9-17)13-31-18-10-19(20(24)25)22(11-18)21(26)30-12-14-2-6-16(7-3-14)23(27)28/h2-9,18-19H,10-13H2,1H3,(H,24,25). The zero-order valence-electron chi connectivity index (χ0n) is 16.8. The number of amides is 1. The van der Waals surface area contributed by atoms with Gasteiger partial charge in [0.2, 0.25) is 0 Å². The molecule has 3 rings (SSSR count). The summed E-state index contributed by atoms with van der Waals surface area (Å²) < 4.78 is 10.4. The van der Waals surface area contributed by atoms with E-state index in [4.69, 9.17) is 9.47 Å². The number of hydrogen-bond donors (Lipinski definition) is 1. The third-order valence-electron chi connectivity index (χ3n) is 4.94. The van der Waals surface area contributed by atoms with E-state index in [9.17, 15) is 24.8 Å². The summed E-state index contributed by atoms with van der Waals surface area (Å²) >= 11 is 1.59. The molecule has 10 heteroatoms. The summed E-state index contributed by atoms with van der Waals surface area (Å²) in [4.78, 5) is 35.6. The Bertz CT molecular complexity index is 934. The van der Waals surface area contributed by atoms with Gasteiger partial charge in [-0.1, -0.05) is 12.1 Å². The Morgan fingerprint density at radius 1 is 1.16 bits per heavy atom. The number of nitrogens with zero attached hydrogens (tertiary/aromatic N) is 2. The zero-order chi connectivity index (χ0) is 22.4. The van der Waals surface area contributed by atoms with Gasteiger partial charge in [-0.15, -0.1) is 0 Å². The zero-order valence-corrected chi connectivity index (χ0v) is 17.6. The normalized spacial score (nSPS) is 17.9. The molecule has 0 saturated carbocycles. The smallest absolute Gasteiger partial charge is 0.410 e. The monoisotopic (exact) mass is 446 g/mol. The van der Waals surface area contributed by atoms with Crippen molar-refractivity contribution in [3.63, 3.8) is 0 Å². The second kappa shape index (κ2) is 10.2. The van der Waals surface area contributed by atoms with Crippen molar-refractivity contribution in [2.75, 3.05) is 13.7 Å². The van der Waals surface area contributed by atoms with Gasteiger partial charge in [0, 0.05) is 29.7 Å². The Morgan fingerprint density at radius 3 is 2.39 bits per heavy atom. The van der Waals surface area contributed by atoms with E-state index in [1.165, 1.54) is 29.2 Å². The van der Waals surface area contributed by atoms with E-state index in [1.54, 1.807) is 18.9 Å². The number of nitro benzene ring substituents is 1. The van der Waals surface area contributed by atoms with E-state index in [1.807, 2.05) is 24.3 Å². The van der Waals surface area contributed by atoms with Crippen LogP contribution < -0.4 is 4.74 Å². The molecule has 2 aromatic rings. The molecule has 2 unspecified atom stereocenters. The summed E-state index contributed by atoms with van der Waals surface area (Å²) in [6.45, 7) is 0.181. The molecule has 1 heterocycles. The highest BCUT2D eigenvalue weighted by Crippen LogP contribution is 2.31. The summed E-state index contributed by atoms with van der Waals surface area (Å²) in [6.07, 6.45) is -0.374. The van der Waals surface area contributed by atoms with Gasteiger partial charge in [-0.25, -0.2) is 9.59 Å². The number of thioether (sulfide) groups is 1. The quantitative estimate of drug-likeness (QED) is 0.482. The van der Waals surface area contributed by atoms with Crippen LogP contribution in [0.3, 0.4) is 0 Å². The minimum absolute atomic E-state index is 0.0323. The number of ether oxygens (including phenoxy) is 2. The number of likely N-dealkylation sites (tertiary alicyclic amines) is 1. The van der Waals surface area contributed by atoms with Crippen molar-refractivity contribution in [2.24, 2.45) is 0 Å². The highest BCUT2D eigenvalue weighted by molar-refractivity contribution is 7.99. The van der Waals surface area contributed by atoms with Crippen LogP contribution >= 0.6 is 11.8 Å². The Kier molecular flexibility index (Phi) is 7.35. The third-order valence-corrected chi connectivity index (χ3v) is 6.25. The molecule has 0 bridgehead atoms. The molecule has 2 atom stereocenters. The molecule has 1 aliphatic heterocycles. The van der Waals surface area contributed by atoms with Gasteiger partial charge in [-0.2, -0.15) is 11.8 Å². The summed E-state index contributed by atoms with van der Waals surface area (Å²) in [5.41, 5.74) is 1.60. The van der Waals surface area contributed by atoms with Crippen molar-refractivity contribution in [3.05, 3.63) is 69.8 Å². The first kappa shape index (κ1) is 22.4. The number of carbonyl (C=O) groups excluding carboxylic acids is 1. The molecule has 2 aromatic carbocycles. The minimum Gasteiger partial charge on any atom is -0.497 e. The molecule has 1 N–H and O–H groups in total. The van der Waals surface area contributed by atoms with Gasteiger partial charge in [0.15, 0.2) is 0 Å². The van der Waals surface area contributed by atoms with Crippen molar-refractivity contribution in [1.29, 1.82) is 0 Å². The second-order valence-electron chi connectivity index (χ2n) is 7.00. The second-order valence-corrected chi connectivity index (χ2v) is 8.29. The van der Waals surface area contributed by atoms with E-state index in [2.05, 4.69) is 0 Å². The molecule has 1 amide bonds. The molecule has 1 fully saturated rings. The molecular formula is C21H22N2O7S. The first-order valence-corrected chi connectivity index (χ1v) is 10.6. The van der Waals surface area contributed by atoms with Gasteiger partial charge in [-0.05, 0) is 41.8 Å². The lowest BCUT2D eigenvalue weighted by molar-refractivity contribution is -0.384. The molecular weight excluding hydrogens is 424 g/mol. The van der Waals surface area contributed by atoms with Crippen LogP contribution in [-0.2, 0) is 21.9 Å². The van der Waals surface area contributed by atoms with Crippen LogP contribution in [0.5, 0.6) is 5.75 Å². The van der Waals surface area contributed by atoms with Gasteiger partial charge in [0.1, 0.15) is 18.4 Å². The number of carboxylic acids is 1. The van der Waals surface area contributed by atoms with Crippen molar-refractivity contribution >= 4 is 29.5 Å². The number of hydrogen-bond acceptors (Lipinski definition) is 7. The van der Waals surface area contributed by atoms with Crippen LogP contribution in [0.1, 0.15) is 17.5 Å². The lowest BCUT2D eigenvalue weighted by atomic mass is 10.2. The Balaban J connectivity index is 1.55. The molecule has 0 aliphatic carbocycles. The maximum Gasteiger partial charge on any atom is 0.410 e. The molecule has 0 spiro atoms. The number of aliphatic carboxylic acids is 1. The summed E-state index contributed by atoms with van der Waals surface area (Å²) in [5.74, 6) is 0.384. The first-order valence-electron chi connectivity index (χ1n) is 9.51. The largest absolute Gasteiger partial charge is 0.497 e. The topological polar surface area (TPSA) is 119 Å². The number of carbonyl (C=O) groups is 2. The van der Waals surface area contributed by atoms with Crippen molar-refractivity contribution in [3.8, 4) is 5.75 Å². The lowest BCUT2D eigenvalue weighted by Crippen LogP contribution is -2.40. The number of non-ortho nitro benzene ring substituents is 1. The highest BCUT2D eigenvalue weighted by atomic mass is 32.2. The molecule has 1 aliphatic rings. The predicted octanol–water partition coefficient (Wildman–Crippen LogP) is 3.70. The van der Waals surface area contributed by atoms with Crippen LogP contribution in [0, 0.1) is 10.1 Å². The van der Waals surface area contributed by atoms with E-state index in [0.717, 1.165) is 11.3 Å². The van der Waals surface area contributed by atoms with Crippen molar-refractivity contribution in [2.45, 2.75) is 30.1 Å². The van der Waals surface area contributed by atoms with E-state index in [0.29, 0.717) is 17.7 Å². The van der Waals surface area contributed by atoms with E-state index in [-0.39, 0.29) is 24.1 Å². The lowest BCUT2D eigenvalue weighted by Gasteiger charge is -2.20. The van der Waals surface area contributed by atoms with Crippen LogP contribution in [0.15, 0.2) is 48.5 Å². The van der Waals surface area contributed by atoms with Gasteiger partial charge in [0.25, 0.3) is 5.69 Å². The molecule has 0 radical (unpaired) electrons. The van der Waals surface area contributed by atoms with Gasteiger partial charge in [-0.3, -0.25) is 15.0 Å². The average Bonchev–Trinajstić information content (AvgIpc) is 3.21. The van der Waals surface area contributed by atoms with Gasteiger partial charge in [0.05, 0.1) is 12.0 Å². The highest BCUT2D eigenvalue weighted by Gasteiger charge is 2.40. The summed E-state index contributed by atoms with van der Waals surface area (Å²) in [5, 5.41) is 20.2. The number of benzene rings is 2. The molecule has 9 nitrogen and oxygen atoms in total. The maximum atomic E-state index is 12.5. The maximum absolute atomic E-state index is 12.5. The fourth-order valence-electron chi connectivity index (χ4n) is 3.23. The number of nitro groups is 1. The first-order chi connectivity index (χ1) is 14.9. The van der Waals surface area contributed by atoms with Crippen LogP contribution in [-0.4, -0.2) is 51.9 Å². The Hall–Kier alpha value is -3.27. The van der Waals surface area contributed by atoms with Crippen LogP contribution in [0.2, 0.25) is 0 Å². The molecule has 164 valence electrons. The number of carboxylic acid groups (broad SMARTS) is 1. The summed E-state index contributed by atoms with van der Waals surface area (Å²) in [7, 11) is 1.60. The minimum atomic E-state index is -1.07. The van der Waals surface area contributed by atoms with Crippen LogP contribution in [0.25, 0.3) is 0 Å². The SMILES string of the molecule is COc1ccc(CSC2CC(C(=O)O)N(C(=O)OCc3ccc([N+](=O)[O-])cc3)C2)cc1. The van der Waals surface area contributed by atoms with Crippen molar-refractivity contribution < 1.29 is 29.1 Å². The van der Waals surface area contributed by atoms with Crippen molar-refractivity contribution in [1.82, 2.24) is 4.90 Å². The Labute approximate surface area is 183 Å². The Morgan fingerprint density at radius 2 is 1.81 bits per heavy atom. The average molecular weight is 446 g/mol. The van der Waals surface area contributed by atoms with Gasteiger partial charge >= 0.3 is 12.1 Å². The molecule has 1 saturated heterocycles. The number of rotatable bonds is 8.